The summed E-state index contributed by atoms with van der Waals surface area (Å²) in [5.74, 6) is -1.45. The topological polar surface area (TPSA) is 98.0 Å². The van der Waals surface area contributed by atoms with Gasteiger partial charge >= 0.3 is 5.97 Å². The van der Waals surface area contributed by atoms with Crippen molar-refractivity contribution in [2.75, 3.05) is 0 Å². The number of hydrogen-bond acceptors (Lipinski definition) is 4. The van der Waals surface area contributed by atoms with Crippen molar-refractivity contribution in [3.05, 3.63) is 65.8 Å². The number of aliphatic hydroxyl groups excluding tert-OH is 2. The van der Waals surface area contributed by atoms with Gasteiger partial charge in [-0.2, -0.15) is 0 Å². The van der Waals surface area contributed by atoms with Gasteiger partial charge in [0.1, 0.15) is 6.10 Å². The van der Waals surface area contributed by atoms with Gasteiger partial charge < -0.3 is 20.4 Å². The third-order valence-corrected chi connectivity index (χ3v) is 4.24. The molecule has 0 saturated heterocycles. The first-order chi connectivity index (χ1) is 11.4. The lowest BCUT2D eigenvalue weighted by Gasteiger charge is -2.32. The molecule has 1 aliphatic rings. The SMILES string of the molecule is O=C(O)[C@]1(O)C=C(/C=C/c2ccc3ccccc3c2)[C@@H](O)[C@H](O)C1. The Kier molecular flexibility index (Phi) is 4.24. The standard InChI is InChI=1S/C19H18O5/c20-16-11-19(24,18(22)23)10-15(17(16)21)8-6-12-5-7-13-3-1-2-4-14(13)9-12/h1-10,16-17,20-21,24H,11H2,(H,22,23)/b8-6+/t16-,17-,19+/m1/s1. The molecule has 5 nitrogen and oxygen atoms in total. The van der Waals surface area contributed by atoms with Gasteiger partial charge in [0, 0.05) is 6.42 Å². The van der Waals surface area contributed by atoms with Gasteiger partial charge in [-0.3, -0.25) is 0 Å². The highest BCUT2D eigenvalue weighted by Crippen LogP contribution is 2.29. The highest BCUT2D eigenvalue weighted by atomic mass is 16.4. The van der Waals surface area contributed by atoms with Crippen LogP contribution in [0.25, 0.3) is 16.8 Å². The van der Waals surface area contributed by atoms with Gasteiger partial charge in [0.15, 0.2) is 5.60 Å². The molecule has 0 amide bonds. The minimum absolute atomic E-state index is 0.173. The van der Waals surface area contributed by atoms with E-state index in [1.165, 1.54) is 6.08 Å². The van der Waals surface area contributed by atoms with Crippen LogP contribution in [0, 0.1) is 0 Å². The van der Waals surface area contributed by atoms with Crippen molar-refractivity contribution >= 4 is 22.8 Å². The molecule has 124 valence electrons. The Labute approximate surface area is 138 Å². The molecule has 0 bridgehead atoms. The fourth-order valence-electron chi connectivity index (χ4n) is 2.87. The summed E-state index contributed by atoms with van der Waals surface area (Å²) in [7, 11) is 0. The van der Waals surface area contributed by atoms with Gasteiger partial charge in [-0.15, -0.1) is 0 Å². The number of benzene rings is 2. The fourth-order valence-corrected chi connectivity index (χ4v) is 2.87. The number of hydrogen-bond donors (Lipinski definition) is 4. The predicted molar refractivity (Wildman–Crippen MR) is 90.3 cm³/mol. The van der Waals surface area contributed by atoms with Crippen LogP contribution >= 0.6 is 0 Å². The van der Waals surface area contributed by atoms with Crippen molar-refractivity contribution in [1.82, 2.24) is 0 Å². The van der Waals surface area contributed by atoms with Crippen molar-refractivity contribution in [3.8, 4) is 0 Å². The first-order valence-corrected chi connectivity index (χ1v) is 7.60. The molecule has 3 rings (SSSR count). The molecule has 1 aliphatic carbocycles. The van der Waals surface area contributed by atoms with Gasteiger partial charge in [-0.1, -0.05) is 48.6 Å². The number of carboxylic acid groups (broad SMARTS) is 1. The van der Waals surface area contributed by atoms with Crippen LogP contribution in [-0.2, 0) is 4.79 Å². The van der Waals surface area contributed by atoms with E-state index < -0.39 is 30.2 Å². The second-order valence-corrected chi connectivity index (χ2v) is 6.03. The Balaban J connectivity index is 1.93. The Bertz CT molecular complexity index is 839. The first kappa shape index (κ1) is 16.4. The highest BCUT2D eigenvalue weighted by molar-refractivity contribution is 5.85. The molecule has 2 aromatic carbocycles. The Morgan fingerprint density at radius 2 is 1.79 bits per heavy atom. The van der Waals surface area contributed by atoms with E-state index >= 15 is 0 Å². The van der Waals surface area contributed by atoms with E-state index in [2.05, 4.69) is 0 Å². The van der Waals surface area contributed by atoms with Crippen molar-refractivity contribution in [2.45, 2.75) is 24.2 Å². The van der Waals surface area contributed by atoms with Crippen LogP contribution in [-0.4, -0.2) is 44.2 Å². The maximum Gasteiger partial charge on any atom is 0.339 e. The number of carboxylic acids is 1. The van der Waals surface area contributed by atoms with Crippen molar-refractivity contribution < 1.29 is 25.2 Å². The first-order valence-electron chi connectivity index (χ1n) is 7.60. The molecular weight excluding hydrogens is 308 g/mol. The van der Waals surface area contributed by atoms with Crippen LogP contribution in [0.3, 0.4) is 0 Å². The van der Waals surface area contributed by atoms with Crippen LogP contribution in [0.15, 0.2) is 60.2 Å². The minimum atomic E-state index is -2.18. The van der Waals surface area contributed by atoms with E-state index in [9.17, 15) is 20.1 Å². The third-order valence-electron chi connectivity index (χ3n) is 4.24. The van der Waals surface area contributed by atoms with Crippen LogP contribution in [0.2, 0.25) is 0 Å². The van der Waals surface area contributed by atoms with Gasteiger partial charge in [0.05, 0.1) is 6.10 Å². The smallest absolute Gasteiger partial charge is 0.339 e. The molecule has 0 spiro atoms. The molecule has 0 radical (unpaired) electrons. The number of aliphatic carboxylic acids is 1. The number of carbonyl (C=O) groups is 1. The highest BCUT2D eigenvalue weighted by Gasteiger charge is 2.43. The molecule has 0 saturated carbocycles. The maximum atomic E-state index is 11.2. The lowest BCUT2D eigenvalue weighted by molar-refractivity contribution is -0.158. The zero-order chi connectivity index (χ0) is 17.3. The van der Waals surface area contributed by atoms with Gasteiger partial charge in [0.25, 0.3) is 0 Å². The summed E-state index contributed by atoms with van der Waals surface area (Å²) < 4.78 is 0. The monoisotopic (exact) mass is 326 g/mol. The van der Waals surface area contributed by atoms with E-state index in [4.69, 9.17) is 5.11 Å². The average molecular weight is 326 g/mol. The van der Waals surface area contributed by atoms with E-state index in [0.717, 1.165) is 22.4 Å². The van der Waals surface area contributed by atoms with E-state index in [1.54, 1.807) is 6.08 Å². The van der Waals surface area contributed by atoms with E-state index in [1.807, 2.05) is 42.5 Å². The molecule has 2 aromatic rings. The van der Waals surface area contributed by atoms with Crippen LogP contribution in [0.1, 0.15) is 12.0 Å². The third kappa shape index (κ3) is 3.10. The quantitative estimate of drug-likeness (QED) is 0.688. The average Bonchev–Trinajstić information content (AvgIpc) is 2.56. The van der Waals surface area contributed by atoms with E-state index in [0.29, 0.717) is 0 Å². The second kappa shape index (κ2) is 6.20. The molecule has 24 heavy (non-hydrogen) atoms. The van der Waals surface area contributed by atoms with Crippen LogP contribution in [0.4, 0.5) is 0 Å². The van der Waals surface area contributed by atoms with Gasteiger partial charge in [0.2, 0.25) is 0 Å². The van der Waals surface area contributed by atoms with Gasteiger partial charge in [-0.25, -0.2) is 4.79 Å². The lowest BCUT2D eigenvalue weighted by atomic mass is 9.82. The Morgan fingerprint density at radius 3 is 2.50 bits per heavy atom. The summed E-state index contributed by atoms with van der Waals surface area (Å²) in [6.45, 7) is 0. The molecule has 4 N–H and O–H groups in total. The van der Waals surface area contributed by atoms with Crippen molar-refractivity contribution in [2.24, 2.45) is 0 Å². The number of rotatable bonds is 3. The molecule has 0 heterocycles. The molecule has 0 aliphatic heterocycles. The number of fused-ring (bicyclic) bond motifs is 1. The largest absolute Gasteiger partial charge is 0.479 e. The normalized spacial score (nSPS) is 27.4. The predicted octanol–water partition coefficient (Wildman–Crippen LogP) is 1.72. The summed E-state index contributed by atoms with van der Waals surface area (Å²) in [5.41, 5.74) is -1.14. The second-order valence-electron chi connectivity index (χ2n) is 6.03. The summed E-state index contributed by atoms with van der Waals surface area (Å²) in [6, 6.07) is 13.7. The van der Waals surface area contributed by atoms with Crippen LogP contribution in [0.5, 0.6) is 0 Å². The Hall–Kier alpha value is -2.47. The summed E-state index contributed by atoms with van der Waals surface area (Å²) in [6.07, 6.45) is 1.29. The van der Waals surface area contributed by atoms with Crippen molar-refractivity contribution in [1.29, 1.82) is 0 Å². The molecule has 3 atom stereocenters. The summed E-state index contributed by atoms with van der Waals surface area (Å²) in [5, 5.41) is 41.2. The Morgan fingerprint density at radius 1 is 1.08 bits per heavy atom. The summed E-state index contributed by atoms with van der Waals surface area (Å²) in [4.78, 5) is 11.2. The van der Waals surface area contributed by atoms with Gasteiger partial charge in [-0.05, 0) is 34.1 Å². The summed E-state index contributed by atoms with van der Waals surface area (Å²) >= 11 is 0. The molecule has 5 heteroatoms. The van der Waals surface area contributed by atoms with Crippen molar-refractivity contribution in [3.63, 3.8) is 0 Å². The van der Waals surface area contributed by atoms with Crippen LogP contribution < -0.4 is 0 Å². The fraction of sp³-hybridized carbons (Fsp3) is 0.211. The zero-order valence-corrected chi connectivity index (χ0v) is 12.8. The molecule has 0 unspecified atom stereocenters. The molecule has 0 fully saturated rings. The zero-order valence-electron chi connectivity index (χ0n) is 12.8. The molecule has 0 aromatic heterocycles. The van der Waals surface area contributed by atoms with E-state index in [-0.39, 0.29) is 5.57 Å². The maximum absolute atomic E-state index is 11.2. The minimum Gasteiger partial charge on any atom is -0.479 e. The lowest BCUT2D eigenvalue weighted by Crippen LogP contribution is -2.47. The number of aliphatic hydroxyl groups is 3. The molecular formula is C19H18O5.